The Morgan fingerprint density at radius 2 is 1.67 bits per heavy atom. The maximum absolute atomic E-state index is 11.6. The summed E-state index contributed by atoms with van der Waals surface area (Å²) >= 11 is 0. The number of hydrogen-bond donors (Lipinski definition) is 2. The Labute approximate surface area is 89.1 Å². The zero-order valence-corrected chi connectivity index (χ0v) is 9.37. The van der Waals surface area contributed by atoms with Crippen LogP contribution in [0.15, 0.2) is 0 Å². The van der Waals surface area contributed by atoms with Gasteiger partial charge in [0.1, 0.15) is 0 Å². The summed E-state index contributed by atoms with van der Waals surface area (Å²) in [6, 6.07) is 0. The highest BCUT2D eigenvalue weighted by Crippen LogP contribution is 2.50. The zero-order chi connectivity index (χ0) is 11.9. The second kappa shape index (κ2) is 3.40. The molecule has 1 aliphatic carbocycles. The predicted molar refractivity (Wildman–Crippen MR) is 54.8 cm³/mol. The van der Waals surface area contributed by atoms with E-state index in [1.54, 1.807) is 0 Å². The van der Waals surface area contributed by atoms with Crippen molar-refractivity contribution in [3.05, 3.63) is 0 Å². The van der Waals surface area contributed by atoms with Crippen LogP contribution in [0.5, 0.6) is 0 Å². The number of amides is 2. The lowest BCUT2D eigenvalue weighted by Gasteiger charge is -2.41. The average Bonchev–Trinajstić information content (AvgIpc) is 2.78. The number of hydrogen-bond acceptors (Lipinski definition) is 3. The topological polar surface area (TPSA) is 95.4 Å². The molecule has 86 valence electrons. The van der Waals surface area contributed by atoms with E-state index in [-0.39, 0.29) is 5.92 Å². The van der Waals surface area contributed by atoms with Crippen LogP contribution in [0.2, 0.25) is 0 Å². The highest BCUT2D eigenvalue weighted by molar-refractivity contribution is 5.87. The highest BCUT2D eigenvalue weighted by atomic mass is 16.6. The monoisotopic (exact) mass is 214 g/mol. The van der Waals surface area contributed by atoms with Crippen molar-refractivity contribution in [1.82, 2.24) is 0 Å². The normalized spacial score (nSPS) is 20.5. The lowest BCUT2D eigenvalue weighted by molar-refractivity contribution is -0.152. The molecule has 1 aliphatic rings. The fourth-order valence-corrected chi connectivity index (χ4v) is 2.12. The Kier molecular flexibility index (Phi) is 2.67. The molecule has 1 saturated carbocycles. The van der Waals surface area contributed by atoms with Gasteiger partial charge in [0.05, 0.1) is 0 Å². The SMILES string of the molecule is CC(C)(C)[C@@](OC(N)=O)(C(N)=O)C1CC1. The highest BCUT2D eigenvalue weighted by Gasteiger charge is 2.60. The maximum Gasteiger partial charge on any atom is 0.405 e. The van der Waals surface area contributed by atoms with E-state index in [0.717, 1.165) is 12.8 Å². The lowest BCUT2D eigenvalue weighted by Crippen LogP contribution is -2.59. The van der Waals surface area contributed by atoms with Crippen molar-refractivity contribution in [2.24, 2.45) is 22.8 Å². The van der Waals surface area contributed by atoms with Crippen LogP contribution in [0.25, 0.3) is 0 Å². The first-order valence-corrected chi connectivity index (χ1v) is 5.00. The van der Waals surface area contributed by atoms with Crippen molar-refractivity contribution < 1.29 is 14.3 Å². The molecule has 0 aromatic carbocycles. The fourth-order valence-electron chi connectivity index (χ4n) is 2.12. The number of nitrogens with two attached hydrogens (primary N) is 2. The van der Waals surface area contributed by atoms with Crippen molar-refractivity contribution in [3.8, 4) is 0 Å². The minimum atomic E-state index is -1.27. The van der Waals surface area contributed by atoms with Crippen molar-refractivity contribution >= 4 is 12.0 Å². The molecule has 0 aromatic rings. The van der Waals surface area contributed by atoms with Crippen LogP contribution in [0, 0.1) is 11.3 Å². The summed E-state index contributed by atoms with van der Waals surface area (Å²) in [5.74, 6) is -0.612. The Bertz CT molecular complexity index is 292. The van der Waals surface area contributed by atoms with Gasteiger partial charge in [0.15, 0.2) is 5.60 Å². The molecule has 5 nitrogen and oxygen atoms in total. The first-order valence-electron chi connectivity index (χ1n) is 5.00. The molecule has 4 N–H and O–H groups in total. The third-order valence-electron chi connectivity index (χ3n) is 2.89. The number of primary amides is 2. The quantitative estimate of drug-likeness (QED) is 0.726. The molecule has 0 aliphatic heterocycles. The van der Waals surface area contributed by atoms with E-state index in [9.17, 15) is 9.59 Å². The molecule has 5 heteroatoms. The summed E-state index contributed by atoms with van der Waals surface area (Å²) in [4.78, 5) is 22.5. The average molecular weight is 214 g/mol. The Hall–Kier alpha value is -1.26. The third-order valence-corrected chi connectivity index (χ3v) is 2.89. The minimum absolute atomic E-state index is 0.00231. The predicted octanol–water partition coefficient (Wildman–Crippen LogP) is 0.762. The Morgan fingerprint density at radius 1 is 1.20 bits per heavy atom. The molecule has 0 heterocycles. The van der Waals surface area contributed by atoms with Gasteiger partial charge in [0.2, 0.25) is 0 Å². The first kappa shape index (κ1) is 11.8. The second-order valence-corrected chi connectivity index (χ2v) is 5.05. The molecule has 0 spiro atoms. The smallest absolute Gasteiger partial charge is 0.405 e. The molecular weight excluding hydrogens is 196 g/mol. The van der Waals surface area contributed by atoms with Gasteiger partial charge < -0.3 is 16.2 Å². The van der Waals surface area contributed by atoms with Crippen molar-refractivity contribution in [2.75, 3.05) is 0 Å². The van der Waals surface area contributed by atoms with Gasteiger partial charge in [-0.3, -0.25) is 4.79 Å². The Morgan fingerprint density at radius 3 is 1.87 bits per heavy atom. The van der Waals surface area contributed by atoms with Gasteiger partial charge in [-0.05, 0) is 12.8 Å². The molecule has 1 rings (SSSR count). The standard InChI is InChI=1S/C10H18N2O3/c1-9(2,3)10(7(11)13,6-4-5-6)15-8(12)14/h6H,4-5H2,1-3H3,(H2,11,13)(H2,12,14)/t10-/m0/s1. The summed E-state index contributed by atoms with van der Waals surface area (Å²) in [6.07, 6.45) is 0.733. The number of ether oxygens (including phenoxy) is 1. The summed E-state index contributed by atoms with van der Waals surface area (Å²) in [5, 5.41) is 0. The zero-order valence-electron chi connectivity index (χ0n) is 9.37. The Balaban J connectivity index is 3.11. The number of carbonyl (C=O) groups excluding carboxylic acids is 2. The van der Waals surface area contributed by atoms with Crippen LogP contribution in [0.4, 0.5) is 4.79 Å². The van der Waals surface area contributed by atoms with Gasteiger partial charge in [0.25, 0.3) is 5.91 Å². The van der Waals surface area contributed by atoms with Crippen LogP contribution < -0.4 is 11.5 Å². The molecule has 0 radical (unpaired) electrons. The fraction of sp³-hybridized carbons (Fsp3) is 0.800. The first-order chi connectivity index (χ1) is 6.72. The molecule has 1 atom stereocenters. The van der Waals surface area contributed by atoms with E-state index in [4.69, 9.17) is 16.2 Å². The number of rotatable bonds is 3. The van der Waals surface area contributed by atoms with Gasteiger partial charge >= 0.3 is 6.09 Å². The van der Waals surface area contributed by atoms with E-state index >= 15 is 0 Å². The van der Waals surface area contributed by atoms with Crippen LogP contribution >= 0.6 is 0 Å². The largest absolute Gasteiger partial charge is 0.432 e. The summed E-state index contributed by atoms with van der Waals surface area (Å²) in [5.41, 5.74) is 8.57. The van der Waals surface area contributed by atoms with E-state index in [2.05, 4.69) is 0 Å². The van der Waals surface area contributed by atoms with Gasteiger partial charge in [0, 0.05) is 11.3 Å². The lowest BCUT2D eigenvalue weighted by atomic mass is 9.72. The molecule has 0 saturated heterocycles. The molecule has 0 aromatic heterocycles. The van der Waals surface area contributed by atoms with E-state index in [1.807, 2.05) is 20.8 Å². The third kappa shape index (κ3) is 1.91. The molecular formula is C10H18N2O3. The van der Waals surface area contributed by atoms with Gasteiger partial charge in [-0.1, -0.05) is 20.8 Å². The minimum Gasteiger partial charge on any atom is -0.432 e. The van der Waals surface area contributed by atoms with E-state index in [1.165, 1.54) is 0 Å². The van der Waals surface area contributed by atoms with Gasteiger partial charge in [-0.2, -0.15) is 0 Å². The van der Waals surface area contributed by atoms with Crippen molar-refractivity contribution in [2.45, 2.75) is 39.2 Å². The van der Waals surface area contributed by atoms with Crippen LogP contribution in [0.3, 0.4) is 0 Å². The van der Waals surface area contributed by atoms with E-state index in [0.29, 0.717) is 0 Å². The maximum atomic E-state index is 11.6. The van der Waals surface area contributed by atoms with Crippen LogP contribution in [0.1, 0.15) is 33.6 Å². The number of carbonyl (C=O) groups is 2. The van der Waals surface area contributed by atoms with Crippen LogP contribution in [-0.2, 0) is 9.53 Å². The molecule has 0 unspecified atom stereocenters. The summed E-state index contributed by atoms with van der Waals surface area (Å²) in [6.45, 7) is 5.46. The van der Waals surface area contributed by atoms with Gasteiger partial charge in [-0.25, -0.2) is 4.79 Å². The van der Waals surface area contributed by atoms with Crippen LogP contribution in [-0.4, -0.2) is 17.6 Å². The summed E-state index contributed by atoms with van der Waals surface area (Å²) in [7, 11) is 0. The van der Waals surface area contributed by atoms with E-state index < -0.39 is 23.0 Å². The molecule has 1 fully saturated rings. The summed E-state index contributed by atoms with van der Waals surface area (Å²) < 4.78 is 5.05. The van der Waals surface area contributed by atoms with Crippen molar-refractivity contribution in [1.29, 1.82) is 0 Å². The molecule has 2 amide bonds. The second-order valence-electron chi connectivity index (χ2n) is 5.05. The molecule has 15 heavy (non-hydrogen) atoms. The van der Waals surface area contributed by atoms with Gasteiger partial charge in [-0.15, -0.1) is 0 Å². The van der Waals surface area contributed by atoms with Crippen molar-refractivity contribution in [3.63, 3.8) is 0 Å². The molecule has 0 bridgehead atoms.